The zero-order chi connectivity index (χ0) is 11.6. The van der Waals surface area contributed by atoms with Gasteiger partial charge >= 0.3 is 0 Å². The molecule has 1 rings (SSSR count). The van der Waals surface area contributed by atoms with E-state index in [-0.39, 0.29) is 29.1 Å². The maximum absolute atomic E-state index is 11.2. The van der Waals surface area contributed by atoms with Crippen molar-refractivity contribution in [2.24, 2.45) is 11.1 Å². The second-order valence-electron chi connectivity index (χ2n) is 4.38. The highest BCUT2D eigenvalue weighted by atomic mass is 16.5. The predicted octanol–water partition coefficient (Wildman–Crippen LogP) is 0.475. The molecule has 0 saturated carbocycles. The van der Waals surface area contributed by atoms with Crippen molar-refractivity contribution in [3.05, 3.63) is 11.7 Å². The molecule has 0 aliphatic rings. The third-order valence-corrected chi connectivity index (χ3v) is 2.07. The molecule has 1 aromatic rings. The number of amides is 1. The molecule has 0 aromatic carbocycles. The fourth-order valence-electron chi connectivity index (χ4n) is 0.936. The van der Waals surface area contributed by atoms with Gasteiger partial charge in [0.05, 0.1) is 6.04 Å². The topological polar surface area (TPSA) is 94.0 Å². The SMILES string of the molecule is CNC(=O)c1noc([C@@H](N)C(C)(C)C)n1. The Morgan fingerprint density at radius 1 is 1.53 bits per heavy atom. The Morgan fingerprint density at radius 3 is 2.60 bits per heavy atom. The first kappa shape index (κ1) is 11.6. The van der Waals surface area contributed by atoms with Crippen molar-refractivity contribution in [1.29, 1.82) is 0 Å². The summed E-state index contributed by atoms with van der Waals surface area (Å²) in [5.74, 6) is -0.0978. The fourth-order valence-corrected chi connectivity index (χ4v) is 0.936. The Kier molecular flexibility index (Phi) is 3.09. The van der Waals surface area contributed by atoms with Crippen LogP contribution in [0.3, 0.4) is 0 Å². The summed E-state index contributed by atoms with van der Waals surface area (Å²) in [6, 6.07) is -0.386. The van der Waals surface area contributed by atoms with Gasteiger partial charge in [-0.2, -0.15) is 4.98 Å². The first-order valence-electron chi connectivity index (χ1n) is 4.67. The lowest BCUT2D eigenvalue weighted by Crippen LogP contribution is -2.27. The molecular formula is C9H16N4O2. The molecular weight excluding hydrogens is 196 g/mol. The standard InChI is InChI=1S/C9H16N4O2/c1-9(2,3)5(10)8-12-6(13-15-8)7(14)11-4/h5H,10H2,1-4H3,(H,11,14)/t5-/m1/s1. The highest BCUT2D eigenvalue weighted by molar-refractivity contribution is 5.89. The van der Waals surface area contributed by atoms with Crippen LogP contribution in [0.4, 0.5) is 0 Å². The maximum atomic E-state index is 11.2. The van der Waals surface area contributed by atoms with E-state index in [0.717, 1.165) is 0 Å². The van der Waals surface area contributed by atoms with Crippen molar-refractivity contribution < 1.29 is 9.32 Å². The zero-order valence-electron chi connectivity index (χ0n) is 9.37. The Bertz CT molecular complexity index is 353. The van der Waals surface area contributed by atoms with E-state index in [1.54, 1.807) is 0 Å². The van der Waals surface area contributed by atoms with Crippen LogP contribution in [0.5, 0.6) is 0 Å². The average molecular weight is 212 g/mol. The summed E-state index contributed by atoms with van der Waals surface area (Å²) in [6.45, 7) is 5.88. The number of aromatic nitrogens is 2. The third-order valence-electron chi connectivity index (χ3n) is 2.07. The van der Waals surface area contributed by atoms with Crippen LogP contribution in [0.25, 0.3) is 0 Å². The second kappa shape index (κ2) is 3.98. The quantitative estimate of drug-likeness (QED) is 0.743. The Labute approximate surface area is 88.2 Å². The molecule has 6 heteroatoms. The Balaban J connectivity index is 2.89. The van der Waals surface area contributed by atoms with Gasteiger partial charge in [0.25, 0.3) is 11.7 Å². The van der Waals surface area contributed by atoms with Gasteiger partial charge in [-0.15, -0.1) is 0 Å². The first-order chi connectivity index (χ1) is 6.86. The van der Waals surface area contributed by atoms with E-state index >= 15 is 0 Å². The van der Waals surface area contributed by atoms with E-state index in [2.05, 4.69) is 15.5 Å². The molecule has 3 N–H and O–H groups in total. The number of hydrogen-bond donors (Lipinski definition) is 2. The zero-order valence-corrected chi connectivity index (χ0v) is 9.37. The number of nitrogens with two attached hydrogens (primary N) is 1. The molecule has 15 heavy (non-hydrogen) atoms. The Hall–Kier alpha value is -1.43. The van der Waals surface area contributed by atoms with Crippen molar-refractivity contribution in [1.82, 2.24) is 15.5 Å². The van der Waals surface area contributed by atoms with E-state index in [4.69, 9.17) is 10.3 Å². The summed E-state index contributed by atoms with van der Waals surface area (Å²) < 4.78 is 4.93. The van der Waals surface area contributed by atoms with Crippen LogP contribution >= 0.6 is 0 Å². The molecule has 0 aliphatic heterocycles. The van der Waals surface area contributed by atoms with Gasteiger partial charge in [-0.05, 0) is 5.41 Å². The lowest BCUT2D eigenvalue weighted by Gasteiger charge is -2.23. The number of nitrogens with one attached hydrogen (secondary N) is 1. The minimum absolute atomic E-state index is 0.00667. The highest BCUT2D eigenvalue weighted by Gasteiger charge is 2.28. The molecule has 1 amide bonds. The molecule has 1 aromatic heterocycles. The smallest absolute Gasteiger partial charge is 0.292 e. The molecule has 0 bridgehead atoms. The van der Waals surface area contributed by atoms with Gasteiger partial charge in [0.1, 0.15) is 0 Å². The van der Waals surface area contributed by atoms with Crippen molar-refractivity contribution >= 4 is 5.91 Å². The number of carbonyl (C=O) groups excluding carboxylic acids is 1. The van der Waals surface area contributed by atoms with Crippen LogP contribution in [0.1, 0.15) is 43.3 Å². The highest BCUT2D eigenvalue weighted by Crippen LogP contribution is 2.28. The molecule has 1 atom stereocenters. The number of nitrogens with zero attached hydrogens (tertiary/aromatic N) is 2. The van der Waals surface area contributed by atoms with Gasteiger partial charge < -0.3 is 15.6 Å². The molecule has 84 valence electrons. The van der Waals surface area contributed by atoms with Crippen molar-refractivity contribution in [3.63, 3.8) is 0 Å². The summed E-state index contributed by atoms with van der Waals surface area (Å²) in [5.41, 5.74) is 5.71. The third kappa shape index (κ3) is 2.53. The van der Waals surface area contributed by atoms with Gasteiger partial charge in [0.2, 0.25) is 5.89 Å². The monoisotopic (exact) mass is 212 g/mol. The van der Waals surface area contributed by atoms with E-state index in [1.165, 1.54) is 7.05 Å². The van der Waals surface area contributed by atoms with E-state index < -0.39 is 0 Å². The maximum Gasteiger partial charge on any atom is 0.292 e. The number of rotatable bonds is 2. The summed E-state index contributed by atoms with van der Waals surface area (Å²) in [7, 11) is 1.50. The van der Waals surface area contributed by atoms with Crippen LogP contribution in [0.15, 0.2) is 4.52 Å². The number of carbonyl (C=O) groups is 1. The fraction of sp³-hybridized carbons (Fsp3) is 0.667. The van der Waals surface area contributed by atoms with E-state index in [1.807, 2.05) is 20.8 Å². The first-order valence-corrected chi connectivity index (χ1v) is 4.67. The van der Waals surface area contributed by atoms with Crippen LogP contribution in [0, 0.1) is 5.41 Å². The van der Waals surface area contributed by atoms with E-state index in [0.29, 0.717) is 0 Å². The lowest BCUT2D eigenvalue weighted by molar-refractivity contribution is 0.0950. The van der Waals surface area contributed by atoms with Gasteiger partial charge in [0, 0.05) is 7.05 Å². The van der Waals surface area contributed by atoms with Crippen molar-refractivity contribution in [3.8, 4) is 0 Å². The van der Waals surface area contributed by atoms with Gasteiger partial charge in [-0.1, -0.05) is 25.9 Å². The van der Waals surface area contributed by atoms with Crippen molar-refractivity contribution in [2.75, 3.05) is 7.05 Å². The lowest BCUT2D eigenvalue weighted by atomic mass is 9.87. The number of hydrogen-bond acceptors (Lipinski definition) is 5. The minimum Gasteiger partial charge on any atom is -0.352 e. The van der Waals surface area contributed by atoms with Crippen LogP contribution in [0.2, 0.25) is 0 Å². The molecule has 0 spiro atoms. The summed E-state index contributed by atoms with van der Waals surface area (Å²) in [4.78, 5) is 15.1. The van der Waals surface area contributed by atoms with Crippen LogP contribution in [-0.4, -0.2) is 23.1 Å². The van der Waals surface area contributed by atoms with E-state index in [9.17, 15) is 4.79 Å². The summed E-state index contributed by atoms with van der Waals surface area (Å²) in [5, 5.41) is 5.95. The Morgan fingerprint density at radius 2 is 2.13 bits per heavy atom. The van der Waals surface area contributed by atoms with Gasteiger partial charge in [0.15, 0.2) is 0 Å². The molecule has 6 nitrogen and oxygen atoms in total. The molecule has 0 aliphatic carbocycles. The van der Waals surface area contributed by atoms with Gasteiger partial charge in [-0.3, -0.25) is 4.79 Å². The van der Waals surface area contributed by atoms with Crippen LogP contribution in [-0.2, 0) is 0 Å². The summed E-state index contributed by atoms with van der Waals surface area (Å²) >= 11 is 0. The second-order valence-corrected chi connectivity index (χ2v) is 4.38. The molecule has 1 heterocycles. The minimum atomic E-state index is -0.386. The normalized spacial score (nSPS) is 13.7. The van der Waals surface area contributed by atoms with Gasteiger partial charge in [-0.25, -0.2) is 0 Å². The van der Waals surface area contributed by atoms with Crippen LogP contribution < -0.4 is 11.1 Å². The predicted molar refractivity (Wildman–Crippen MR) is 54.1 cm³/mol. The van der Waals surface area contributed by atoms with Crippen molar-refractivity contribution in [2.45, 2.75) is 26.8 Å². The largest absolute Gasteiger partial charge is 0.352 e. The average Bonchev–Trinajstić information content (AvgIpc) is 2.62. The molecule has 0 saturated heterocycles. The summed E-state index contributed by atoms with van der Waals surface area (Å²) in [6.07, 6.45) is 0. The molecule has 0 fully saturated rings. The molecule has 0 radical (unpaired) electrons. The molecule has 0 unspecified atom stereocenters.